The molecule has 1 atom stereocenters. The summed E-state index contributed by atoms with van der Waals surface area (Å²) in [7, 11) is 0. The molecular formula is C13H26O. The van der Waals surface area contributed by atoms with Gasteiger partial charge in [-0.1, -0.05) is 48.0 Å². The first-order chi connectivity index (χ1) is 6.25. The van der Waals surface area contributed by atoms with Crippen LogP contribution in [0.3, 0.4) is 0 Å². The molecule has 1 nitrogen and oxygen atoms in total. The van der Waals surface area contributed by atoms with Gasteiger partial charge in [0, 0.05) is 11.8 Å². The summed E-state index contributed by atoms with van der Waals surface area (Å²) in [6, 6.07) is 0. The predicted molar refractivity (Wildman–Crippen MR) is 62.4 cm³/mol. The molecule has 0 fully saturated rings. The fraction of sp³-hybridized carbons (Fsp3) is 0.923. The summed E-state index contributed by atoms with van der Waals surface area (Å²) >= 11 is 0. The van der Waals surface area contributed by atoms with Crippen LogP contribution in [0.25, 0.3) is 0 Å². The minimum absolute atomic E-state index is 0.0813. The Balaban J connectivity index is 4.46. The number of hydrogen-bond donors (Lipinski definition) is 0. The third-order valence-corrected chi connectivity index (χ3v) is 2.95. The van der Waals surface area contributed by atoms with Gasteiger partial charge in [0.25, 0.3) is 0 Å². The van der Waals surface area contributed by atoms with Crippen molar-refractivity contribution in [3.8, 4) is 0 Å². The topological polar surface area (TPSA) is 17.1 Å². The molecular weight excluding hydrogens is 172 g/mol. The molecule has 0 aliphatic rings. The monoisotopic (exact) mass is 198 g/mol. The van der Waals surface area contributed by atoms with Crippen molar-refractivity contribution in [1.29, 1.82) is 0 Å². The first kappa shape index (κ1) is 13.7. The molecule has 1 heteroatoms. The molecule has 14 heavy (non-hydrogen) atoms. The summed E-state index contributed by atoms with van der Waals surface area (Å²) in [5, 5.41) is 0. The van der Waals surface area contributed by atoms with Gasteiger partial charge in [-0.25, -0.2) is 0 Å². The lowest BCUT2D eigenvalue weighted by molar-refractivity contribution is -0.130. The summed E-state index contributed by atoms with van der Waals surface area (Å²) in [5.41, 5.74) is 0.0449. The van der Waals surface area contributed by atoms with E-state index in [2.05, 4.69) is 41.5 Å². The highest BCUT2D eigenvalue weighted by atomic mass is 16.1. The van der Waals surface area contributed by atoms with Gasteiger partial charge >= 0.3 is 0 Å². The van der Waals surface area contributed by atoms with Gasteiger partial charge in [-0.15, -0.1) is 0 Å². The lowest BCUT2D eigenvalue weighted by Gasteiger charge is -2.29. The van der Waals surface area contributed by atoms with Crippen molar-refractivity contribution in [3.05, 3.63) is 0 Å². The Morgan fingerprint density at radius 1 is 1.07 bits per heavy atom. The van der Waals surface area contributed by atoms with Crippen LogP contribution in [-0.2, 0) is 4.79 Å². The third kappa shape index (κ3) is 4.26. The smallest absolute Gasteiger partial charge is 0.139 e. The molecule has 0 saturated heterocycles. The standard InChI is InChI=1S/C13H26O/c1-7-9-13(6,8-2)11(14)10-12(3,4)5/h7-10H2,1-6H3. The maximum absolute atomic E-state index is 12.1. The van der Waals surface area contributed by atoms with Gasteiger partial charge in [0.2, 0.25) is 0 Å². The maximum atomic E-state index is 12.1. The van der Waals surface area contributed by atoms with E-state index in [1.54, 1.807) is 0 Å². The molecule has 0 rings (SSSR count). The minimum Gasteiger partial charge on any atom is -0.299 e. The van der Waals surface area contributed by atoms with E-state index in [9.17, 15) is 4.79 Å². The largest absolute Gasteiger partial charge is 0.299 e. The van der Waals surface area contributed by atoms with Crippen molar-refractivity contribution >= 4 is 5.78 Å². The summed E-state index contributed by atoms with van der Waals surface area (Å²) in [4.78, 5) is 12.1. The van der Waals surface area contributed by atoms with E-state index in [1.165, 1.54) is 0 Å². The Bertz CT molecular complexity index is 188. The quantitative estimate of drug-likeness (QED) is 0.647. The Morgan fingerprint density at radius 2 is 1.57 bits per heavy atom. The van der Waals surface area contributed by atoms with Crippen LogP contribution >= 0.6 is 0 Å². The van der Waals surface area contributed by atoms with Gasteiger partial charge in [-0.3, -0.25) is 4.79 Å². The SMILES string of the molecule is CCCC(C)(CC)C(=O)CC(C)(C)C. The molecule has 0 aromatic heterocycles. The van der Waals surface area contributed by atoms with Crippen LogP contribution in [0, 0.1) is 10.8 Å². The third-order valence-electron chi connectivity index (χ3n) is 2.95. The van der Waals surface area contributed by atoms with Crippen molar-refractivity contribution in [2.75, 3.05) is 0 Å². The van der Waals surface area contributed by atoms with E-state index in [1.807, 2.05) is 0 Å². The van der Waals surface area contributed by atoms with E-state index < -0.39 is 0 Å². The molecule has 0 bridgehead atoms. The lowest BCUT2D eigenvalue weighted by Crippen LogP contribution is -2.30. The van der Waals surface area contributed by atoms with Crippen molar-refractivity contribution in [3.63, 3.8) is 0 Å². The van der Waals surface area contributed by atoms with Crippen LogP contribution in [0.15, 0.2) is 0 Å². The van der Waals surface area contributed by atoms with Crippen molar-refractivity contribution < 1.29 is 4.79 Å². The number of Topliss-reactive ketones (excluding diaryl/α,β-unsaturated/α-hetero) is 1. The average molecular weight is 198 g/mol. The van der Waals surface area contributed by atoms with Crippen molar-refractivity contribution in [2.24, 2.45) is 10.8 Å². The van der Waals surface area contributed by atoms with Crippen LogP contribution in [0.4, 0.5) is 0 Å². The van der Waals surface area contributed by atoms with Crippen molar-refractivity contribution in [2.45, 2.75) is 67.2 Å². The molecule has 0 N–H and O–H groups in total. The minimum atomic E-state index is -0.0813. The fourth-order valence-corrected chi connectivity index (χ4v) is 1.76. The second-order valence-corrected chi connectivity index (χ2v) is 5.82. The zero-order valence-corrected chi connectivity index (χ0v) is 10.7. The molecule has 0 radical (unpaired) electrons. The average Bonchev–Trinajstić information content (AvgIpc) is 2.01. The summed E-state index contributed by atoms with van der Waals surface area (Å²) < 4.78 is 0. The molecule has 0 heterocycles. The zero-order chi connectivity index (χ0) is 11.4. The number of carbonyl (C=O) groups is 1. The van der Waals surface area contributed by atoms with Crippen LogP contribution in [0.1, 0.15) is 67.2 Å². The normalized spacial score (nSPS) is 16.4. The number of ketones is 1. The van der Waals surface area contributed by atoms with E-state index in [0.29, 0.717) is 12.2 Å². The second kappa shape index (κ2) is 4.95. The fourth-order valence-electron chi connectivity index (χ4n) is 1.76. The van der Waals surface area contributed by atoms with E-state index in [4.69, 9.17) is 0 Å². The van der Waals surface area contributed by atoms with Gasteiger partial charge in [-0.2, -0.15) is 0 Å². The van der Waals surface area contributed by atoms with E-state index in [0.717, 1.165) is 19.3 Å². The second-order valence-electron chi connectivity index (χ2n) is 5.82. The van der Waals surface area contributed by atoms with Crippen LogP contribution in [0.5, 0.6) is 0 Å². The molecule has 0 aromatic carbocycles. The molecule has 84 valence electrons. The Morgan fingerprint density at radius 3 is 1.86 bits per heavy atom. The van der Waals surface area contributed by atoms with Gasteiger partial charge < -0.3 is 0 Å². The predicted octanol–water partition coefficient (Wildman–Crippen LogP) is 4.21. The molecule has 0 amide bonds. The summed E-state index contributed by atoms with van der Waals surface area (Å²) in [6.07, 6.45) is 3.80. The first-order valence-corrected chi connectivity index (χ1v) is 5.78. The van der Waals surface area contributed by atoms with Crippen LogP contribution in [0.2, 0.25) is 0 Å². The zero-order valence-electron chi connectivity index (χ0n) is 10.7. The van der Waals surface area contributed by atoms with Gasteiger partial charge in [0.1, 0.15) is 5.78 Å². The molecule has 0 saturated carbocycles. The Kier molecular flexibility index (Phi) is 4.83. The maximum Gasteiger partial charge on any atom is 0.139 e. The van der Waals surface area contributed by atoms with E-state index in [-0.39, 0.29) is 10.8 Å². The highest BCUT2D eigenvalue weighted by molar-refractivity contribution is 5.84. The van der Waals surface area contributed by atoms with Crippen molar-refractivity contribution in [1.82, 2.24) is 0 Å². The van der Waals surface area contributed by atoms with Gasteiger partial charge in [0.15, 0.2) is 0 Å². The molecule has 0 spiro atoms. The lowest BCUT2D eigenvalue weighted by atomic mass is 9.73. The van der Waals surface area contributed by atoms with Crippen LogP contribution in [-0.4, -0.2) is 5.78 Å². The molecule has 0 aliphatic carbocycles. The molecule has 0 aliphatic heterocycles. The van der Waals surface area contributed by atoms with Gasteiger partial charge in [-0.05, 0) is 18.3 Å². The van der Waals surface area contributed by atoms with Crippen LogP contribution < -0.4 is 0 Å². The molecule has 1 unspecified atom stereocenters. The van der Waals surface area contributed by atoms with Gasteiger partial charge in [0.05, 0.1) is 0 Å². The number of rotatable bonds is 5. The summed E-state index contributed by atoms with van der Waals surface area (Å²) in [6.45, 7) is 12.8. The van der Waals surface area contributed by atoms with E-state index >= 15 is 0 Å². The number of hydrogen-bond acceptors (Lipinski definition) is 1. The molecule has 0 aromatic rings. The highest BCUT2D eigenvalue weighted by Gasteiger charge is 2.32. The summed E-state index contributed by atoms with van der Waals surface area (Å²) in [5.74, 6) is 0.439. The highest BCUT2D eigenvalue weighted by Crippen LogP contribution is 2.33. The Labute approximate surface area is 89.3 Å². The first-order valence-electron chi connectivity index (χ1n) is 5.78. The Hall–Kier alpha value is -0.330. The number of carbonyl (C=O) groups excluding carboxylic acids is 1.